The fraction of sp³-hybridized carbons (Fsp3) is 0.481. The van der Waals surface area contributed by atoms with Crippen LogP contribution in [0.5, 0.6) is 17.2 Å². The second-order valence-corrected chi connectivity index (χ2v) is 12.2. The molecule has 2 aromatic carbocycles. The first-order valence-corrected chi connectivity index (χ1v) is 14.1. The Kier molecular flexibility index (Phi) is 9.14. The molecule has 1 heterocycles. The van der Waals surface area contributed by atoms with E-state index < -0.39 is 34.1 Å². The molecule has 0 bridgehead atoms. The molecule has 0 aliphatic carbocycles. The van der Waals surface area contributed by atoms with Crippen LogP contribution in [0, 0.1) is 0 Å². The summed E-state index contributed by atoms with van der Waals surface area (Å²) in [5.74, 6) is 0.420. The predicted octanol–water partition coefficient (Wildman–Crippen LogP) is 2.95. The molecule has 3 rings (SSSR count). The van der Waals surface area contributed by atoms with Crippen LogP contribution in [0.2, 0.25) is 0 Å². The van der Waals surface area contributed by atoms with E-state index >= 15 is 0 Å². The second kappa shape index (κ2) is 11.9. The molecule has 1 atom stereocenters. The lowest BCUT2D eigenvalue weighted by Gasteiger charge is -2.33. The van der Waals surface area contributed by atoms with E-state index in [1.807, 2.05) is 26.8 Å². The van der Waals surface area contributed by atoms with Gasteiger partial charge >= 0.3 is 0 Å². The zero-order chi connectivity index (χ0) is 28.1. The fourth-order valence-electron chi connectivity index (χ4n) is 3.93. The molecule has 10 nitrogen and oxygen atoms in total. The Balaban J connectivity index is 1.97. The van der Waals surface area contributed by atoms with Crippen molar-refractivity contribution in [2.24, 2.45) is 0 Å². The first kappa shape index (κ1) is 29.1. The largest absolute Gasteiger partial charge is 0.497 e. The molecular weight excluding hydrogens is 510 g/mol. The number of rotatable bonds is 10. The third-order valence-corrected chi connectivity index (χ3v) is 7.69. The van der Waals surface area contributed by atoms with Gasteiger partial charge in [-0.15, -0.1) is 0 Å². The summed E-state index contributed by atoms with van der Waals surface area (Å²) in [4.78, 5) is 28.3. The number of nitrogens with zero attached hydrogens (tertiary/aromatic N) is 2. The van der Waals surface area contributed by atoms with Crippen LogP contribution < -0.4 is 23.8 Å². The van der Waals surface area contributed by atoms with Gasteiger partial charge in [-0.3, -0.25) is 13.9 Å². The van der Waals surface area contributed by atoms with Gasteiger partial charge in [-0.2, -0.15) is 0 Å². The molecule has 2 aromatic rings. The maximum absolute atomic E-state index is 13.8. The van der Waals surface area contributed by atoms with Gasteiger partial charge in [-0.25, -0.2) is 8.42 Å². The lowest BCUT2D eigenvalue weighted by Crippen LogP contribution is -2.54. The summed E-state index contributed by atoms with van der Waals surface area (Å²) < 4.78 is 43.8. The van der Waals surface area contributed by atoms with Gasteiger partial charge < -0.3 is 24.4 Å². The molecule has 1 N–H and O–H groups in total. The summed E-state index contributed by atoms with van der Waals surface area (Å²) in [6, 6.07) is 11.0. The van der Waals surface area contributed by atoms with E-state index in [4.69, 9.17) is 14.2 Å². The summed E-state index contributed by atoms with van der Waals surface area (Å²) in [5.41, 5.74) is 0.494. The molecule has 2 amide bonds. The minimum atomic E-state index is -3.86. The number of benzene rings is 2. The summed E-state index contributed by atoms with van der Waals surface area (Å²) in [6.45, 7) is 9.01. The maximum Gasteiger partial charge on any atom is 0.244 e. The van der Waals surface area contributed by atoms with Gasteiger partial charge in [0.25, 0.3) is 0 Å². The van der Waals surface area contributed by atoms with E-state index in [0.29, 0.717) is 30.5 Å². The van der Waals surface area contributed by atoms with Gasteiger partial charge in [0, 0.05) is 18.2 Å². The quantitative estimate of drug-likeness (QED) is 0.486. The Labute approximate surface area is 224 Å². The highest BCUT2D eigenvalue weighted by atomic mass is 32.2. The normalized spacial score (nSPS) is 13.8. The minimum Gasteiger partial charge on any atom is -0.497 e. The second-order valence-electron chi connectivity index (χ2n) is 10.0. The zero-order valence-corrected chi connectivity index (χ0v) is 23.6. The molecule has 11 heteroatoms. The molecule has 0 fully saturated rings. The highest BCUT2D eigenvalue weighted by Crippen LogP contribution is 2.35. The number of sulfonamides is 1. The van der Waals surface area contributed by atoms with Crippen LogP contribution in [-0.4, -0.2) is 69.3 Å². The maximum atomic E-state index is 13.8. The fourth-order valence-corrected chi connectivity index (χ4v) is 4.98. The number of fused-ring (bicyclic) bond motifs is 1. The smallest absolute Gasteiger partial charge is 0.244 e. The van der Waals surface area contributed by atoms with E-state index in [1.165, 1.54) is 11.8 Å². The number of carbonyl (C=O) groups excluding carboxylic acids is 2. The Hall–Kier alpha value is -3.47. The summed E-state index contributed by atoms with van der Waals surface area (Å²) in [5, 5.41) is 2.90. The minimum absolute atomic E-state index is 0.0793. The van der Waals surface area contributed by atoms with Crippen molar-refractivity contribution in [1.82, 2.24) is 10.2 Å². The summed E-state index contributed by atoms with van der Waals surface area (Å²) in [6.07, 6.45) is 0. The van der Waals surface area contributed by atoms with Gasteiger partial charge in [-0.1, -0.05) is 12.1 Å². The van der Waals surface area contributed by atoms with Crippen LogP contribution in [0.25, 0.3) is 0 Å². The molecule has 38 heavy (non-hydrogen) atoms. The van der Waals surface area contributed by atoms with Crippen molar-refractivity contribution in [3.05, 3.63) is 48.0 Å². The Morgan fingerprint density at radius 1 is 1.08 bits per heavy atom. The lowest BCUT2D eigenvalue weighted by molar-refractivity contribution is -0.140. The standard InChI is InChI=1S/C27H37N3O7S/c1-7-38(33,34)30(21-11-12-23-24(16-21)37-14-13-36-23)18-25(31)29(19(2)26(32)28-27(3,4)5)17-20-9-8-10-22(15-20)35-6/h8-12,15-16,19H,7,13-14,17-18H2,1-6H3,(H,28,32)/t19-/m1/s1. The number of methoxy groups -OCH3 is 1. The highest BCUT2D eigenvalue weighted by molar-refractivity contribution is 7.92. The van der Waals surface area contributed by atoms with Gasteiger partial charge in [0.15, 0.2) is 11.5 Å². The third-order valence-electron chi connectivity index (χ3n) is 5.95. The molecule has 1 aliphatic rings. The lowest BCUT2D eigenvalue weighted by atomic mass is 10.1. The molecule has 208 valence electrons. The Morgan fingerprint density at radius 3 is 2.39 bits per heavy atom. The molecule has 0 saturated heterocycles. The van der Waals surface area contributed by atoms with Crippen molar-refractivity contribution in [2.75, 3.05) is 36.9 Å². The van der Waals surface area contributed by atoms with Gasteiger partial charge in [0.05, 0.1) is 18.6 Å². The summed E-state index contributed by atoms with van der Waals surface area (Å²) in [7, 11) is -2.31. The monoisotopic (exact) mass is 547 g/mol. The number of nitrogens with one attached hydrogen (secondary N) is 1. The van der Waals surface area contributed by atoms with Crippen LogP contribution in [0.15, 0.2) is 42.5 Å². The van der Waals surface area contributed by atoms with Crippen molar-refractivity contribution < 1.29 is 32.2 Å². The van der Waals surface area contributed by atoms with Gasteiger partial charge in [-0.05, 0) is 64.4 Å². The van der Waals surface area contributed by atoms with E-state index in [0.717, 1.165) is 9.87 Å². The molecule has 0 unspecified atom stereocenters. The number of ether oxygens (including phenoxy) is 3. The number of carbonyl (C=O) groups is 2. The van der Waals surface area contributed by atoms with Crippen molar-refractivity contribution in [1.29, 1.82) is 0 Å². The molecule has 0 spiro atoms. The van der Waals surface area contributed by atoms with Crippen molar-refractivity contribution in [2.45, 2.75) is 52.7 Å². The van der Waals surface area contributed by atoms with Crippen molar-refractivity contribution in [3.63, 3.8) is 0 Å². The number of hydrogen-bond acceptors (Lipinski definition) is 7. The van der Waals surface area contributed by atoms with Crippen molar-refractivity contribution in [3.8, 4) is 17.2 Å². The van der Waals surface area contributed by atoms with E-state index in [-0.39, 0.29) is 23.9 Å². The van der Waals surface area contributed by atoms with Crippen LogP contribution in [-0.2, 0) is 26.2 Å². The highest BCUT2D eigenvalue weighted by Gasteiger charge is 2.32. The van der Waals surface area contributed by atoms with E-state index in [2.05, 4.69) is 5.32 Å². The van der Waals surface area contributed by atoms with E-state index in [9.17, 15) is 18.0 Å². The van der Waals surface area contributed by atoms with Crippen LogP contribution in [0.4, 0.5) is 5.69 Å². The molecular formula is C27H37N3O7S. The molecule has 0 radical (unpaired) electrons. The first-order valence-electron chi connectivity index (χ1n) is 12.5. The van der Waals surface area contributed by atoms with E-state index in [1.54, 1.807) is 50.4 Å². The predicted molar refractivity (Wildman–Crippen MR) is 145 cm³/mol. The van der Waals surface area contributed by atoms with Crippen molar-refractivity contribution >= 4 is 27.5 Å². The average Bonchev–Trinajstić information content (AvgIpc) is 2.88. The molecule has 1 aliphatic heterocycles. The Morgan fingerprint density at radius 2 is 1.76 bits per heavy atom. The number of amides is 2. The molecule has 0 saturated carbocycles. The SMILES string of the molecule is CCS(=O)(=O)N(CC(=O)N(Cc1cccc(OC)c1)[C@H](C)C(=O)NC(C)(C)C)c1ccc2c(c1)OCCO2. The Bertz CT molecular complexity index is 1260. The average molecular weight is 548 g/mol. The van der Waals surface area contributed by atoms with Gasteiger partial charge in [0.2, 0.25) is 21.8 Å². The van der Waals surface area contributed by atoms with Crippen LogP contribution >= 0.6 is 0 Å². The molecule has 0 aromatic heterocycles. The summed E-state index contributed by atoms with van der Waals surface area (Å²) >= 11 is 0. The van der Waals surface area contributed by atoms with Crippen LogP contribution in [0.1, 0.15) is 40.2 Å². The number of anilines is 1. The third kappa shape index (κ3) is 7.31. The van der Waals surface area contributed by atoms with Gasteiger partial charge in [0.1, 0.15) is 31.5 Å². The number of hydrogen-bond donors (Lipinski definition) is 1. The van der Waals surface area contributed by atoms with Crippen LogP contribution in [0.3, 0.4) is 0 Å². The first-order chi connectivity index (χ1) is 17.8. The topological polar surface area (TPSA) is 114 Å². The zero-order valence-electron chi connectivity index (χ0n) is 22.8.